The molecule has 0 saturated heterocycles. The summed E-state index contributed by atoms with van der Waals surface area (Å²) in [6, 6.07) is 12.9. The molecule has 7 nitrogen and oxygen atoms in total. The fourth-order valence-corrected chi connectivity index (χ4v) is 5.62. The van der Waals surface area contributed by atoms with Gasteiger partial charge in [-0.3, -0.25) is 9.59 Å². The molecule has 1 aromatic carbocycles. The maximum absolute atomic E-state index is 13.5. The van der Waals surface area contributed by atoms with Crippen LogP contribution in [-0.4, -0.2) is 68.7 Å². The molecule has 1 atom stereocenters. The molecule has 2 amide bonds. The third-order valence-electron chi connectivity index (χ3n) is 5.77. The number of rotatable bonds is 10. The van der Waals surface area contributed by atoms with Crippen LogP contribution in [0.2, 0.25) is 0 Å². The van der Waals surface area contributed by atoms with E-state index in [1.54, 1.807) is 36.5 Å². The molecule has 0 bridgehead atoms. The number of thiophene rings is 2. The molecule has 4 rings (SSSR count). The van der Waals surface area contributed by atoms with Crippen LogP contribution in [0.25, 0.3) is 0 Å². The van der Waals surface area contributed by atoms with Crippen LogP contribution in [0.4, 0.5) is 0 Å². The van der Waals surface area contributed by atoms with E-state index in [9.17, 15) is 9.59 Å². The summed E-state index contributed by atoms with van der Waals surface area (Å²) >= 11 is 3.08. The van der Waals surface area contributed by atoms with Crippen molar-refractivity contribution in [1.29, 1.82) is 0 Å². The van der Waals surface area contributed by atoms with Gasteiger partial charge in [-0.15, -0.1) is 22.7 Å². The van der Waals surface area contributed by atoms with E-state index >= 15 is 0 Å². The molecule has 3 aromatic rings. The molecule has 9 heteroatoms. The van der Waals surface area contributed by atoms with Gasteiger partial charge in [0.1, 0.15) is 24.7 Å². The summed E-state index contributed by atoms with van der Waals surface area (Å²) in [6.07, 6.45) is 0.797. The highest BCUT2D eigenvalue weighted by Crippen LogP contribution is 2.34. The maximum Gasteiger partial charge on any atom is 0.264 e. The first-order valence-corrected chi connectivity index (χ1v) is 12.8. The third kappa shape index (κ3) is 5.60. The largest absolute Gasteiger partial charge is 0.497 e. The Kier molecular flexibility index (Phi) is 8.21. The fraction of sp³-hybridized carbons (Fsp3) is 0.360. The molecule has 0 spiro atoms. The molecule has 0 radical (unpaired) electrons. The standard InChI is InChI=1S/C25H28N2O5S2/c1-30-12-11-26(25(29)23-7-4-13-33-23)16-24(28)27-10-8-22-20(9-14-34-22)21(27)17-32-19-6-3-5-18(15-19)31-2/h3-7,9,13-15,21H,8,10-12,16-17H2,1-2H3/t21-/m0/s1. The topological polar surface area (TPSA) is 68.3 Å². The molecular weight excluding hydrogens is 472 g/mol. The minimum absolute atomic E-state index is 0.00474. The smallest absolute Gasteiger partial charge is 0.264 e. The molecule has 0 N–H and O–H groups in total. The quantitative estimate of drug-likeness (QED) is 0.419. The molecule has 0 saturated carbocycles. The number of carbonyl (C=O) groups excluding carboxylic acids is 2. The number of nitrogens with zero attached hydrogens (tertiary/aromatic N) is 2. The van der Waals surface area contributed by atoms with E-state index in [2.05, 4.69) is 11.4 Å². The van der Waals surface area contributed by atoms with Crippen molar-refractivity contribution in [2.24, 2.45) is 0 Å². The van der Waals surface area contributed by atoms with Crippen molar-refractivity contribution in [3.8, 4) is 11.5 Å². The molecule has 1 aliphatic heterocycles. The van der Waals surface area contributed by atoms with Crippen LogP contribution in [0.3, 0.4) is 0 Å². The van der Waals surface area contributed by atoms with Crippen molar-refractivity contribution in [3.05, 3.63) is 68.5 Å². The Labute approximate surface area is 207 Å². The molecular formula is C25H28N2O5S2. The van der Waals surface area contributed by atoms with Gasteiger partial charge >= 0.3 is 0 Å². The summed E-state index contributed by atoms with van der Waals surface area (Å²) in [5.74, 6) is 1.14. The Morgan fingerprint density at radius 1 is 1.09 bits per heavy atom. The number of methoxy groups -OCH3 is 2. The Morgan fingerprint density at radius 3 is 2.71 bits per heavy atom. The van der Waals surface area contributed by atoms with Crippen molar-refractivity contribution < 1.29 is 23.8 Å². The minimum atomic E-state index is -0.227. The van der Waals surface area contributed by atoms with Gasteiger partial charge in [-0.05, 0) is 47.0 Å². The predicted octanol–water partition coefficient (Wildman–Crippen LogP) is 4.11. The Balaban J connectivity index is 1.51. The highest BCUT2D eigenvalue weighted by Gasteiger charge is 2.33. The van der Waals surface area contributed by atoms with Gasteiger partial charge in [0.2, 0.25) is 5.91 Å². The van der Waals surface area contributed by atoms with Crippen LogP contribution in [0.1, 0.15) is 26.2 Å². The maximum atomic E-state index is 13.5. The average Bonchev–Trinajstić information content (AvgIpc) is 3.57. The molecule has 180 valence electrons. The predicted molar refractivity (Wildman–Crippen MR) is 133 cm³/mol. The zero-order valence-corrected chi connectivity index (χ0v) is 20.9. The van der Waals surface area contributed by atoms with Crippen molar-refractivity contribution in [2.75, 3.05) is 47.1 Å². The highest BCUT2D eigenvalue weighted by atomic mass is 32.1. The van der Waals surface area contributed by atoms with Crippen molar-refractivity contribution in [1.82, 2.24) is 9.80 Å². The van der Waals surface area contributed by atoms with E-state index in [4.69, 9.17) is 14.2 Å². The lowest BCUT2D eigenvalue weighted by atomic mass is 10.0. The first kappa shape index (κ1) is 24.3. The second kappa shape index (κ2) is 11.5. The monoisotopic (exact) mass is 500 g/mol. The summed E-state index contributed by atoms with van der Waals surface area (Å²) in [4.78, 5) is 31.8. The number of carbonyl (C=O) groups is 2. The van der Waals surface area contributed by atoms with E-state index in [0.717, 1.165) is 12.0 Å². The summed E-state index contributed by atoms with van der Waals surface area (Å²) in [6.45, 7) is 1.61. The van der Waals surface area contributed by atoms with E-state index in [-0.39, 0.29) is 24.4 Å². The summed E-state index contributed by atoms with van der Waals surface area (Å²) in [5, 5.41) is 3.92. The second-order valence-electron chi connectivity index (χ2n) is 7.84. The van der Waals surface area contributed by atoms with Crippen LogP contribution in [0.15, 0.2) is 53.2 Å². The molecule has 2 aromatic heterocycles. The van der Waals surface area contributed by atoms with Crippen LogP contribution in [0, 0.1) is 0 Å². The lowest BCUT2D eigenvalue weighted by Crippen LogP contribution is -2.48. The minimum Gasteiger partial charge on any atom is -0.497 e. The van der Waals surface area contributed by atoms with Crippen LogP contribution in [0.5, 0.6) is 11.5 Å². The van der Waals surface area contributed by atoms with Gasteiger partial charge in [0.15, 0.2) is 0 Å². The second-order valence-corrected chi connectivity index (χ2v) is 9.79. The normalized spacial score (nSPS) is 15.0. The molecule has 0 fully saturated rings. The lowest BCUT2D eigenvalue weighted by molar-refractivity contribution is -0.135. The van der Waals surface area contributed by atoms with Crippen molar-refractivity contribution in [3.63, 3.8) is 0 Å². The van der Waals surface area contributed by atoms with Gasteiger partial charge in [-0.1, -0.05) is 12.1 Å². The van der Waals surface area contributed by atoms with Gasteiger partial charge in [0, 0.05) is 31.1 Å². The Bertz CT molecular complexity index is 1100. The lowest BCUT2D eigenvalue weighted by Gasteiger charge is -2.37. The zero-order chi connectivity index (χ0) is 23.9. The van der Waals surface area contributed by atoms with E-state index in [0.29, 0.717) is 42.7 Å². The third-order valence-corrected chi connectivity index (χ3v) is 7.63. The molecule has 1 aliphatic rings. The van der Waals surface area contributed by atoms with Crippen molar-refractivity contribution in [2.45, 2.75) is 12.5 Å². The number of hydrogen-bond acceptors (Lipinski definition) is 7. The number of hydrogen-bond donors (Lipinski definition) is 0. The van der Waals surface area contributed by atoms with E-state index < -0.39 is 0 Å². The van der Waals surface area contributed by atoms with Crippen LogP contribution < -0.4 is 9.47 Å². The summed E-state index contributed by atoms with van der Waals surface area (Å²) in [7, 11) is 3.20. The molecule has 3 heterocycles. The zero-order valence-electron chi connectivity index (χ0n) is 19.3. The molecule has 0 unspecified atom stereocenters. The number of benzene rings is 1. The van der Waals surface area contributed by atoms with Gasteiger partial charge in [-0.2, -0.15) is 0 Å². The van der Waals surface area contributed by atoms with Gasteiger partial charge in [0.25, 0.3) is 5.91 Å². The summed E-state index contributed by atoms with van der Waals surface area (Å²) in [5.41, 5.74) is 1.11. The number of amides is 2. The Morgan fingerprint density at radius 2 is 1.94 bits per heavy atom. The van der Waals surface area contributed by atoms with E-state index in [1.165, 1.54) is 16.2 Å². The van der Waals surface area contributed by atoms with Gasteiger partial charge in [-0.25, -0.2) is 0 Å². The SMILES string of the molecule is COCCN(CC(=O)N1CCc2sccc2[C@@H]1COc1cccc(OC)c1)C(=O)c1cccs1. The number of fused-ring (bicyclic) bond motifs is 1. The average molecular weight is 501 g/mol. The Hall–Kier alpha value is -2.88. The number of ether oxygens (including phenoxy) is 3. The first-order valence-electron chi connectivity index (χ1n) is 11.0. The molecule has 0 aliphatic carbocycles. The van der Waals surface area contributed by atoms with Gasteiger partial charge in [0.05, 0.1) is 24.6 Å². The van der Waals surface area contributed by atoms with Crippen LogP contribution >= 0.6 is 22.7 Å². The first-order chi connectivity index (χ1) is 16.6. The van der Waals surface area contributed by atoms with Gasteiger partial charge < -0.3 is 24.0 Å². The van der Waals surface area contributed by atoms with Crippen LogP contribution in [-0.2, 0) is 16.0 Å². The fourth-order valence-electron chi connectivity index (χ4n) is 4.00. The highest BCUT2D eigenvalue weighted by molar-refractivity contribution is 7.12. The molecule has 34 heavy (non-hydrogen) atoms. The summed E-state index contributed by atoms with van der Waals surface area (Å²) < 4.78 is 16.6. The van der Waals surface area contributed by atoms with Crippen molar-refractivity contribution >= 4 is 34.5 Å². The van der Waals surface area contributed by atoms with E-state index in [1.807, 2.05) is 40.6 Å².